The smallest absolute Gasteiger partial charge is 0.104 e. The van der Waals surface area contributed by atoms with Crippen LogP contribution in [0.2, 0.25) is 0 Å². The molecule has 4 rings (SSSR count). The van der Waals surface area contributed by atoms with Gasteiger partial charge in [-0.05, 0) is 52.6 Å². The first-order chi connectivity index (χ1) is 12.2. The highest BCUT2D eigenvalue weighted by Gasteiger charge is 2.21. The molecule has 0 aliphatic heterocycles. The van der Waals surface area contributed by atoms with Gasteiger partial charge in [0.1, 0.15) is 12.2 Å². The van der Waals surface area contributed by atoms with E-state index in [1.54, 1.807) is 0 Å². The van der Waals surface area contributed by atoms with Crippen LogP contribution in [0.5, 0.6) is 0 Å². The van der Waals surface area contributed by atoms with E-state index in [-0.39, 0.29) is 0 Å². The number of rotatable bonds is 4. The van der Waals surface area contributed by atoms with Crippen molar-refractivity contribution in [3.05, 3.63) is 106 Å². The average Bonchev–Trinajstić information content (AvgIpc) is 3.15. The number of aliphatic hydroxyl groups excluding tert-OH is 2. The molecule has 2 N–H and O–H groups in total. The lowest BCUT2D eigenvalue weighted by atomic mass is 9.90. The minimum atomic E-state index is -0.749. The van der Waals surface area contributed by atoms with Gasteiger partial charge in [0.05, 0.1) is 0 Å². The Morgan fingerprint density at radius 2 is 1.20 bits per heavy atom. The molecule has 0 amide bonds. The van der Waals surface area contributed by atoms with Crippen LogP contribution in [0, 0.1) is 0 Å². The van der Waals surface area contributed by atoms with Crippen molar-refractivity contribution in [2.75, 3.05) is 0 Å². The van der Waals surface area contributed by atoms with Gasteiger partial charge in [-0.2, -0.15) is 0 Å². The van der Waals surface area contributed by atoms with Crippen LogP contribution in [0.15, 0.2) is 72.8 Å². The highest BCUT2D eigenvalue weighted by molar-refractivity contribution is 5.43. The van der Waals surface area contributed by atoms with Crippen LogP contribution in [-0.4, -0.2) is 10.2 Å². The average molecular weight is 330 g/mol. The van der Waals surface area contributed by atoms with E-state index < -0.39 is 12.2 Å². The molecule has 0 heterocycles. The molecule has 0 bridgehead atoms. The van der Waals surface area contributed by atoms with Gasteiger partial charge in [0, 0.05) is 0 Å². The molecule has 0 radical (unpaired) electrons. The monoisotopic (exact) mass is 330 g/mol. The van der Waals surface area contributed by atoms with E-state index in [0.29, 0.717) is 0 Å². The fourth-order valence-electron chi connectivity index (χ4n) is 3.77. The van der Waals surface area contributed by atoms with Crippen molar-refractivity contribution in [1.82, 2.24) is 0 Å². The highest BCUT2D eigenvalue weighted by Crippen LogP contribution is 2.33. The molecule has 25 heavy (non-hydrogen) atoms. The molecule has 126 valence electrons. The zero-order valence-corrected chi connectivity index (χ0v) is 14.1. The molecule has 0 spiro atoms. The number of aryl methyl sites for hydroxylation is 2. The minimum absolute atomic E-state index is 0.736. The molecule has 2 heteroatoms. The van der Waals surface area contributed by atoms with Crippen LogP contribution in [0.25, 0.3) is 0 Å². The molecule has 1 aliphatic rings. The molecule has 0 saturated heterocycles. The Bertz CT molecular complexity index is 870. The standard InChI is InChI=1S/C23H22O2/c24-22(17-7-2-1-3-8-17)20-11-4-5-12-21(20)23(25)19-14-13-16-9-6-10-18(16)15-19/h1-5,7-8,11-15,22-25H,6,9-10H2. The first kappa shape index (κ1) is 16.1. The van der Waals surface area contributed by atoms with E-state index >= 15 is 0 Å². The summed E-state index contributed by atoms with van der Waals surface area (Å²) in [5.74, 6) is 0. The van der Waals surface area contributed by atoms with Crippen molar-refractivity contribution >= 4 is 0 Å². The lowest BCUT2D eigenvalue weighted by Gasteiger charge is -2.20. The minimum Gasteiger partial charge on any atom is -0.384 e. The number of fused-ring (bicyclic) bond motifs is 1. The SMILES string of the molecule is OC(c1ccccc1)c1ccccc1C(O)c1ccc2c(c1)CCC2. The summed E-state index contributed by atoms with van der Waals surface area (Å²) in [5, 5.41) is 21.8. The molecule has 2 atom stereocenters. The van der Waals surface area contributed by atoms with Crippen molar-refractivity contribution in [1.29, 1.82) is 0 Å². The topological polar surface area (TPSA) is 40.5 Å². The van der Waals surface area contributed by atoms with E-state index in [1.807, 2.05) is 60.7 Å². The molecule has 0 fully saturated rings. The van der Waals surface area contributed by atoms with Crippen molar-refractivity contribution in [2.24, 2.45) is 0 Å². The van der Waals surface area contributed by atoms with Crippen LogP contribution in [0.4, 0.5) is 0 Å². The Morgan fingerprint density at radius 1 is 0.600 bits per heavy atom. The van der Waals surface area contributed by atoms with Gasteiger partial charge in [0.2, 0.25) is 0 Å². The van der Waals surface area contributed by atoms with Crippen LogP contribution in [0.1, 0.15) is 52.0 Å². The molecule has 0 aromatic heterocycles. The van der Waals surface area contributed by atoms with Crippen molar-refractivity contribution in [3.63, 3.8) is 0 Å². The number of benzene rings is 3. The second-order valence-corrected chi connectivity index (χ2v) is 6.73. The first-order valence-electron chi connectivity index (χ1n) is 8.85. The summed E-state index contributed by atoms with van der Waals surface area (Å²) in [5.41, 5.74) is 5.98. The Labute approximate surface area is 148 Å². The maximum Gasteiger partial charge on any atom is 0.104 e. The maximum absolute atomic E-state index is 11.0. The van der Waals surface area contributed by atoms with Gasteiger partial charge in [-0.15, -0.1) is 0 Å². The number of hydrogen-bond acceptors (Lipinski definition) is 2. The molecule has 3 aromatic carbocycles. The summed E-state index contributed by atoms with van der Waals surface area (Å²) in [7, 11) is 0. The van der Waals surface area contributed by atoms with E-state index in [1.165, 1.54) is 17.5 Å². The summed E-state index contributed by atoms with van der Waals surface area (Å²) < 4.78 is 0. The molecular weight excluding hydrogens is 308 g/mol. The zero-order chi connectivity index (χ0) is 17.2. The summed E-state index contributed by atoms with van der Waals surface area (Å²) in [6, 6.07) is 23.5. The van der Waals surface area contributed by atoms with Crippen LogP contribution >= 0.6 is 0 Å². The molecule has 2 unspecified atom stereocenters. The number of aliphatic hydroxyl groups is 2. The fourth-order valence-corrected chi connectivity index (χ4v) is 3.77. The largest absolute Gasteiger partial charge is 0.384 e. The molecular formula is C23H22O2. The van der Waals surface area contributed by atoms with Gasteiger partial charge >= 0.3 is 0 Å². The maximum atomic E-state index is 11.0. The first-order valence-corrected chi connectivity index (χ1v) is 8.85. The summed E-state index contributed by atoms with van der Waals surface area (Å²) in [6.45, 7) is 0. The van der Waals surface area contributed by atoms with Gasteiger partial charge < -0.3 is 10.2 Å². The van der Waals surface area contributed by atoms with Gasteiger partial charge in [-0.1, -0.05) is 72.8 Å². The fraction of sp³-hybridized carbons (Fsp3) is 0.217. The zero-order valence-electron chi connectivity index (χ0n) is 14.1. The highest BCUT2D eigenvalue weighted by atomic mass is 16.3. The normalized spacial score (nSPS) is 15.6. The third-order valence-electron chi connectivity index (χ3n) is 5.14. The van der Waals surface area contributed by atoms with Gasteiger partial charge in [-0.25, -0.2) is 0 Å². The van der Waals surface area contributed by atoms with E-state index in [9.17, 15) is 10.2 Å². The van der Waals surface area contributed by atoms with E-state index in [4.69, 9.17) is 0 Å². The summed E-state index contributed by atoms with van der Waals surface area (Å²) in [4.78, 5) is 0. The Balaban J connectivity index is 1.71. The lowest BCUT2D eigenvalue weighted by molar-refractivity contribution is 0.197. The van der Waals surface area contributed by atoms with Crippen molar-refractivity contribution in [3.8, 4) is 0 Å². The Hall–Kier alpha value is -2.42. The molecule has 3 aromatic rings. The summed E-state index contributed by atoms with van der Waals surface area (Å²) in [6.07, 6.45) is 1.93. The second kappa shape index (κ2) is 6.83. The molecule has 2 nitrogen and oxygen atoms in total. The van der Waals surface area contributed by atoms with Gasteiger partial charge in [0.15, 0.2) is 0 Å². The van der Waals surface area contributed by atoms with Crippen LogP contribution in [-0.2, 0) is 12.8 Å². The third-order valence-corrected chi connectivity index (χ3v) is 5.14. The van der Waals surface area contributed by atoms with E-state index in [2.05, 4.69) is 12.1 Å². The second-order valence-electron chi connectivity index (χ2n) is 6.73. The predicted molar refractivity (Wildman–Crippen MR) is 99.5 cm³/mol. The quantitative estimate of drug-likeness (QED) is 0.747. The third kappa shape index (κ3) is 3.11. The number of hydrogen-bond donors (Lipinski definition) is 2. The predicted octanol–water partition coefficient (Wildman–Crippen LogP) is 4.34. The van der Waals surface area contributed by atoms with Crippen molar-refractivity contribution < 1.29 is 10.2 Å². The Morgan fingerprint density at radius 3 is 1.92 bits per heavy atom. The van der Waals surface area contributed by atoms with Crippen LogP contribution < -0.4 is 0 Å². The molecule has 0 saturated carbocycles. The molecule has 1 aliphatic carbocycles. The van der Waals surface area contributed by atoms with Crippen LogP contribution in [0.3, 0.4) is 0 Å². The lowest BCUT2D eigenvalue weighted by Crippen LogP contribution is -2.09. The van der Waals surface area contributed by atoms with Crippen molar-refractivity contribution in [2.45, 2.75) is 31.5 Å². The van der Waals surface area contributed by atoms with Gasteiger partial charge in [-0.3, -0.25) is 0 Å². The van der Waals surface area contributed by atoms with Gasteiger partial charge in [0.25, 0.3) is 0 Å². The Kier molecular flexibility index (Phi) is 4.39. The van der Waals surface area contributed by atoms with E-state index in [0.717, 1.165) is 35.1 Å². The summed E-state index contributed by atoms with van der Waals surface area (Å²) >= 11 is 0.